The average molecular weight is 630 g/mol. The number of carbonyl (C=O) groups is 1. The maximum absolute atomic E-state index is 14.3. The zero-order valence-electron chi connectivity index (χ0n) is 28.1. The Morgan fingerprint density at radius 2 is 1.96 bits per heavy atom. The first-order chi connectivity index (χ1) is 21.5. The van der Waals surface area contributed by atoms with Crippen molar-refractivity contribution in [3.63, 3.8) is 0 Å². The van der Waals surface area contributed by atoms with E-state index in [4.69, 9.17) is 9.47 Å². The summed E-state index contributed by atoms with van der Waals surface area (Å²) in [5.41, 5.74) is 0.321. The standard InChI is InChI=1S/C33H52FN7O4/c1-8-41(24(4)5)32(43)27-16-25(34)11-12-29(27)45-31-30(35-22-36-37-31)39-15-13-33(19-39)20-40(21-33)28(23(2)3)10-9-14-38(6)17-26(18-42)44-7/h11-12,16,22-24,26,28,42H,8-10,13-15,17-21H2,1-7H3/t26?,28-/m1/s1. The molecule has 45 heavy (non-hydrogen) atoms. The molecule has 4 rings (SSSR count). The van der Waals surface area contributed by atoms with Crippen molar-refractivity contribution in [3.05, 3.63) is 35.9 Å². The first-order valence-corrected chi connectivity index (χ1v) is 16.3. The van der Waals surface area contributed by atoms with Gasteiger partial charge < -0.3 is 29.3 Å². The number of methoxy groups -OCH3 is 1. The third kappa shape index (κ3) is 8.46. The molecule has 12 heteroatoms. The summed E-state index contributed by atoms with van der Waals surface area (Å²) in [4.78, 5) is 26.6. The van der Waals surface area contributed by atoms with Crippen LogP contribution in [0.1, 0.15) is 64.2 Å². The number of halogens is 1. The number of aliphatic hydroxyl groups is 1. The van der Waals surface area contributed by atoms with Crippen molar-refractivity contribution >= 4 is 11.7 Å². The number of aromatic nitrogens is 3. The molecule has 2 aliphatic rings. The molecule has 11 nitrogen and oxygen atoms in total. The number of hydrogen-bond acceptors (Lipinski definition) is 10. The third-order valence-electron chi connectivity index (χ3n) is 9.32. The Morgan fingerprint density at radius 1 is 1.20 bits per heavy atom. The van der Waals surface area contributed by atoms with Crippen LogP contribution in [0.4, 0.5) is 10.2 Å². The van der Waals surface area contributed by atoms with Crippen molar-refractivity contribution in [3.8, 4) is 11.6 Å². The van der Waals surface area contributed by atoms with Crippen LogP contribution >= 0.6 is 0 Å². The predicted octanol–water partition coefficient (Wildman–Crippen LogP) is 3.93. The van der Waals surface area contributed by atoms with E-state index >= 15 is 0 Å². The molecule has 250 valence electrons. The SMILES string of the molecule is CCN(C(=O)c1cc(F)ccc1Oc1nncnc1N1CCC2(C1)CN([C@H](CCCN(C)CC(CO)OC)C(C)C)C2)C(C)C. The van der Waals surface area contributed by atoms with E-state index in [1.54, 1.807) is 12.0 Å². The lowest BCUT2D eigenvalue weighted by Crippen LogP contribution is -2.62. The number of hydrogen-bond donors (Lipinski definition) is 1. The van der Waals surface area contributed by atoms with E-state index in [0.29, 0.717) is 24.3 Å². The molecule has 0 radical (unpaired) electrons. The lowest BCUT2D eigenvalue weighted by Gasteiger charge is -2.53. The number of amides is 1. The van der Waals surface area contributed by atoms with Crippen LogP contribution in [0.3, 0.4) is 0 Å². The van der Waals surface area contributed by atoms with Gasteiger partial charge in [0.25, 0.3) is 11.8 Å². The van der Waals surface area contributed by atoms with Crippen molar-refractivity contribution in [1.82, 2.24) is 29.9 Å². The zero-order valence-corrected chi connectivity index (χ0v) is 28.1. The van der Waals surface area contributed by atoms with Gasteiger partial charge in [0.15, 0.2) is 5.82 Å². The van der Waals surface area contributed by atoms with Crippen molar-refractivity contribution < 1.29 is 23.8 Å². The number of rotatable bonds is 16. The van der Waals surface area contributed by atoms with Gasteiger partial charge >= 0.3 is 0 Å². The number of likely N-dealkylation sites (N-methyl/N-ethyl adjacent to an activating group) is 1. The fourth-order valence-corrected chi connectivity index (χ4v) is 6.88. The lowest BCUT2D eigenvalue weighted by molar-refractivity contribution is -0.0348. The highest BCUT2D eigenvalue weighted by Gasteiger charge is 2.50. The van der Waals surface area contributed by atoms with Crippen LogP contribution in [0.15, 0.2) is 24.5 Å². The normalized spacial score (nSPS) is 17.7. The Morgan fingerprint density at radius 3 is 2.60 bits per heavy atom. The average Bonchev–Trinajstić information content (AvgIpc) is 3.44. The van der Waals surface area contributed by atoms with Gasteiger partial charge in [-0.3, -0.25) is 9.69 Å². The Hall–Kier alpha value is -2.93. The fraction of sp³-hybridized carbons (Fsp3) is 0.697. The molecule has 2 aromatic rings. The number of benzene rings is 1. The van der Waals surface area contributed by atoms with Crippen LogP contribution in [0.2, 0.25) is 0 Å². The number of ether oxygens (including phenoxy) is 2. The van der Waals surface area contributed by atoms with Gasteiger partial charge in [0.2, 0.25) is 0 Å². The van der Waals surface area contributed by atoms with Crippen LogP contribution in [0, 0.1) is 17.2 Å². The summed E-state index contributed by atoms with van der Waals surface area (Å²) in [5.74, 6) is 0.762. The minimum absolute atomic E-state index is 0.0317. The summed E-state index contributed by atoms with van der Waals surface area (Å²) in [6.45, 7) is 16.3. The molecule has 1 unspecified atom stereocenters. The third-order valence-corrected chi connectivity index (χ3v) is 9.32. The summed E-state index contributed by atoms with van der Waals surface area (Å²) >= 11 is 0. The molecule has 1 amide bonds. The van der Waals surface area contributed by atoms with Crippen LogP contribution < -0.4 is 9.64 Å². The number of likely N-dealkylation sites (tertiary alicyclic amines) is 1. The highest BCUT2D eigenvalue weighted by Crippen LogP contribution is 2.44. The van der Waals surface area contributed by atoms with Gasteiger partial charge in [-0.1, -0.05) is 13.8 Å². The van der Waals surface area contributed by atoms with Gasteiger partial charge in [0.05, 0.1) is 18.3 Å². The maximum Gasteiger partial charge on any atom is 0.282 e. The molecule has 3 heterocycles. The molecule has 1 N–H and O–H groups in total. The van der Waals surface area contributed by atoms with E-state index < -0.39 is 5.82 Å². The van der Waals surface area contributed by atoms with Crippen molar-refractivity contribution in [2.45, 2.75) is 72.1 Å². The van der Waals surface area contributed by atoms with Crippen LogP contribution in [-0.2, 0) is 4.74 Å². The maximum atomic E-state index is 14.3. The van der Waals surface area contributed by atoms with Crippen LogP contribution in [0.25, 0.3) is 0 Å². The van der Waals surface area contributed by atoms with E-state index in [2.05, 4.69) is 50.8 Å². The van der Waals surface area contributed by atoms with Gasteiger partial charge in [-0.05, 0) is 77.7 Å². The molecule has 2 fully saturated rings. The van der Waals surface area contributed by atoms with Gasteiger partial charge in [0, 0.05) is 63.9 Å². The molecular formula is C33H52FN7O4. The topological polar surface area (TPSA) is 107 Å². The molecular weight excluding hydrogens is 577 g/mol. The largest absolute Gasteiger partial charge is 0.434 e. The second-order valence-corrected chi connectivity index (χ2v) is 13.3. The molecule has 0 aliphatic carbocycles. The van der Waals surface area contributed by atoms with Crippen LogP contribution in [-0.4, -0.2) is 126 Å². The molecule has 0 saturated carbocycles. The van der Waals surface area contributed by atoms with Crippen molar-refractivity contribution in [2.24, 2.45) is 11.3 Å². The molecule has 2 aliphatic heterocycles. The summed E-state index contributed by atoms with van der Waals surface area (Å²) < 4.78 is 25.8. The molecule has 1 spiro atoms. The number of anilines is 1. The minimum atomic E-state index is -0.507. The Balaban J connectivity index is 1.39. The monoisotopic (exact) mass is 629 g/mol. The molecule has 1 aromatic carbocycles. The van der Waals surface area contributed by atoms with Crippen LogP contribution in [0.5, 0.6) is 11.6 Å². The van der Waals surface area contributed by atoms with Crippen molar-refractivity contribution in [2.75, 3.05) is 71.5 Å². The molecule has 2 saturated heterocycles. The Bertz CT molecular complexity index is 1260. The van der Waals surface area contributed by atoms with Gasteiger partial charge in [-0.15, -0.1) is 10.2 Å². The van der Waals surface area contributed by atoms with Gasteiger partial charge in [-0.2, -0.15) is 0 Å². The predicted molar refractivity (Wildman–Crippen MR) is 172 cm³/mol. The van der Waals surface area contributed by atoms with Crippen molar-refractivity contribution in [1.29, 1.82) is 0 Å². The van der Waals surface area contributed by atoms with E-state index in [9.17, 15) is 14.3 Å². The first kappa shape index (κ1) is 34.9. The van der Waals surface area contributed by atoms with E-state index in [-0.39, 0.29) is 47.3 Å². The smallest absolute Gasteiger partial charge is 0.282 e. The summed E-state index contributed by atoms with van der Waals surface area (Å²) in [5, 5.41) is 17.6. The summed E-state index contributed by atoms with van der Waals surface area (Å²) in [7, 11) is 3.72. The highest BCUT2D eigenvalue weighted by molar-refractivity contribution is 5.97. The number of nitrogens with zero attached hydrogens (tertiary/aromatic N) is 7. The summed E-state index contributed by atoms with van der Waals surface area (Å²) in [6.07, 6.45) is 4.52. The molecule has 2 atom stereocenters. The van der Waals surface area contributed by atoms with E-state index in [1.807, 2.05) is 20.8 Å². The second kappa shape index (κ2) is 15.6. The second-order valence-electron chi connectivity index (χ2n) is 13.3. The van der Waals surface area contributed by atoms with Gasteiger partial charge in [0.1, 0.15) is 17.9 Å². The van der Waals surface area contributed by atoms with E-state index in [1.165, 1.54) is 24.5 Å². The Labute approximate surface area is 267 Å². The zero-order chi connectivity index (χ0) is 32.7. The molecule has 1 aromatic heterocycles. The quantitative estimate of drug-likeness (QED) is 0.294. The molecule has 0 bridgehead atoms. The first-order valence-electron chi connectivity index (χ1n) is 16.3. The fourth-order valence-electron chi connectivity index (χ4n) is 6.88. The highest BCUT2D eigenvalue weighted by atomic mass is 19.1. The number of carbonyl (C=O) groups excluding carboxylic acids is 1. The van der Waals surface area contributed by atoms with Gasteiger partial charge in [-0.25, -0.2) is 9.37 Å². The summed E-state index contributed by atoms with van der Waals surface area (Å²) in [6, 6.07) is 4.43. The lowest BCUT2D eigenvalue weighted by atomic mass is 9.76. The Kier molecular flexibility index (Phi) is 12.1. The number of aliphatic hydroxyl groups excluding tert-OH is 1. The van der Waals surface area contributed by atoms with E-state index in [0.717, 1.165) is 58.5 Å². The minimum Gasteiger partial charge on any atom is -0.434 e.